The predicted molar refractivity (Wildman–Crippen MR) is 126 cm³/mol. The van der Waals surface area contributed by atoms with Gasteiger partial charge in [-0.2, -0.15) is 0 Å². The Hall–Kier alpha value is -3.45. The maximum atomic E-state index is 12.5. The molecule has 6 nitrogen and oxygen atoms in total. The zero-order chi connectivity index (χ0) is 22.7. The molecule has 2 heterocycles. The van der Waals surface area contributed by atoms with Crippen molar-refractivity contribution in [3.8, 4) is 17.0 Å². The van der Waals surface area contributed by atoms with E-state index >= 15 is 0 Å². The molecule has 0 atom stereocenters. The molecule has 0 aliphatic rings. The average molecular weight is 448 g/mol. The van der Waals surface area contributed by atoms with Crippen LogP contribution in [0.25, 0.3) is 11.3 Å². The number of anilines is 1. The zero-order valence-corrected chi connectivity index (χ0v) is 19.4. The summed E-state index contributed by atoms with van der Waals surface area (Å²) in [5.41, 5.74) is 7.01. The van der Waals surface area contributed by atoms with Crippen molar-refractivity contribution in [2.24, 2.45) is 0 Å². The number of aryl methyl sites for hydroxylation is 4. The topological polar surface area (TPSA) is 77.2 Å². The molecular formula is C25H25N3O3S. The number of hydrogen-bond acceptors (Lipinski definition) is 6. The van der Waals surface area contributed by atoms with Crippen molar-refractivity contribution >= 4 is 22.4 Å². The number of benzene rings is 2. The average Bonchev–Trinajstić information content (AvgIpc) is 3.35. The third kappa shape index (κ3) is 5.06. The van der Waals surface area contributed by atoms with Gasteiger partial charge in [-0.25, -0.2) is 4.98 Å². The lowest BCUT2D eigenvalue weighted by molar-refractivity contribution is -0.115. The van der Waals surface area contributed by atoms with Crippen LogP contribution >= 0.6 is 11.3 Å². The van der Waals surface area contributed by atoms with Crippen molar-refractivity contribution in [1.29, 1.82) is 0 Å². The predicted octanol–water partition coefficient (Wildman–Crippen LogP) is 5.79. The van der Waals surface area contributed by atoms with Crippen molar-refractivity contribution < 1.29 is 14.1 Å². The normalized spacial score (nSPS) is 10.9. The molecule has 0 saturated heterocycles. The van der Waals surface area contributed by atoms with Crippen molar-refractivity contribution in [2.45, 2.75) is 40.7 Å². The van der Waals surface area contributed by atoms with E-state index in [4.69, 9.17) is 9.26 Å². The van der Waals surface area contributed by atoms with Gasteiger partial charge in [-0.05, 0) is 57.0 Å². The number of hydrogen-bond donors (Lipinski definition) is 1. The van der Waals surface area contributed by atoms with Gasteiger partial charge in [0.25, 0.3) is 0 Å². The summed E-state index contributed by atoms with van der Waals surface area (Å²) in [6.45, 7) is 8.28. The molecule has 0 spiro atoms. The smallest absolute Gasteiger partial charge is 0.230 e. The van der Waals surface area contributed by atoms with Gasteiger partial charge in [0.1, 0.15) is 18.1 Å². The second kappa shape index (κ2) is 9.36. The quantitative estimate of drug-likeness (QED) is 0.388. The van der Waals surface area contributed by atoms with E-state index in [0.29, 0.717) is 11.7 Å². The minimum atomic E-state index is -0.101. The highest BCUT2D eigenvalue weighted by Gasteiger charge is 2.12. The molecule has 1 N–H and O–H groups in total. The molecule has 1 amide bonds. The van der Waals surface area contributed by atoms with Gasteiger partial charge in [0, 0.05) is 10.9 Å². The Morgan fingerprint density at radius 2 is 1.88 bits per heavy atom. The van der Waals surface area contributed by atoms with Gasteiger partial charge in [0.15, 0.2) is 5.13 Å². The molecule has 7 heteroatoms. The first-order valence-electron chi connectivity index (χ1n) is 10.4. The summed E-state index contributed by atoms with van der Waals surface area (Å²) < 4.78 is 11.0. The van der Waals surface area contributed by atoms with Crippen LogP contribution < -0.4 is 10.1 Å². The Morgan fingerprint density at radius 3 is 2.59 bits per heavy atom. The van der Waals surface area contributed by atoms with Gasteiger partial charge in [0.2, 0.25) is 5.91 Å². The third-order valence-corrected chi connectivity index (χ3v) is 6.03. The first-order chi connectivity index (χ1) is 15.4. The van der Waals surface area contributed by atoms with Crippen LogP contribution in [0.1, 0.15) is 33.7 Å². The number of rotatable bonds is 7. The molecule has 0 aliphatic heterocycles. The summed E-state index contributed by atoms with van der Waals surface area (Å²) >= 11 is 1.43. The van der Waals surface area contributed by atoms with Gasteiger partial charge in [-0.15, -0.1) is 11.3 Å². The fourth-order valence-electron chi connectivity index (χ4n) is 3.38. The summed E-state index contributed by atoms with van der Waals surface area (Å²) in [7, 11) is 0. The summed E-state index contributed by atoms with van der Waals surface area (Å²) in [4.78, 5) is 17.1. The minimum Gasteiger partial charge on any atom is -0.489 e. The number of nitrogens with zero attached hydrogens (tertiary/aromatic N) is 2. The SMILES string of the molecule is Cc1ccc(C)c(-c2csc(NC(=O)Cc3ccc(OCc4c(C)noc4C)cc3)n2)c1. The summed E-state index contributed by atoms with van der Waals surface area (Å²) in [5.74, 6) is 1.39. The lowest BCUT2D eigenvalue weighted by Gasteiger charge is -2.07. The molecule has 32 heavy (non-hydrogen) atoms. The second-order valence-electron chi connectivity index (χ2n) is 7.82. The molecule has 0 saturated carbocycles. The Labute approximate surface area is 191 Å². The number of aromatic nitrogens is 2. The van der Waals surface area contributed by atoms with E-state index in [-0.39, 0.29) is 12.3 Å². The maximum absolute atomic E-state index is 12.5. The van der Waals surface area contributed by atoms with Gasteiger partial charge < -0.3 is 14.6 Å². The molecule has 2 aromatic carbocycles. The molecule has 0 fully saturated rings. The molecule has 2 aromatic heterocycles. The lowest BCUT2D eigenvalue weighted by atomic mass is 10.0. The third-order valence-electron chi connectivity index (χ3n) is 5.27. The standard InChI is InChI=1S/C25H25N3O3S/c1-15-5-6-16(2)21(11-15)23-14-32-25(26-23)27-24(29)12-19-7-9-20(10-8-19)30-13-22-17(3)28-31-18(22)4/h5-11,14H,12-13H2,1-4H3,(H,26,27,29). The number of ether oxygens (including phenoxy) is 1. The Balaban J connectivity index is 1.33. The Morgan fingerprint density at radius 1 is 1.09 bits per heavy atom. The zero-order valence-electron chi connectivity index (χ0n) is 18.6. The molecule has 4 aromatic rings. The van der Waals surface area contributed by atoms with Gasteiger partial charge in [-0.3, -0.25) is 4.79 Å². The highest BCUT2D eigenvalue weighted by molar-refractivity contribution is 7.14. The number of nitrogens with one attached hydrogen (secondary N) is 1. The van der Waals surface area contributed by atoms with Crippen LogP contribution in [0.5, 0.6) is 5.75 Å². The van der Waals surface area contributed by atoms with E-state index in [1.807, 2.05) is 43.5 Å². The molecule has 4 rings (SSSR count). The number of carbonyl (C=O) groups is 1. The van der Waals surface area contributed by atoms with Crippen molar-refractivity contribution in [1.82, 2.24) is 10.1 Å². The van der Waals surface area contributed by atoms with E-state index in [1.54, 1.807) is 0 Å². The monoisotopic (exact) mass is 447 g/mol. The van der Waals surface area contributed by atoms with Crippen molar-refractivity contribution in [2.75, 3.05) is 5.32 Å². The van der Waals surface area contributed by atoms with E-state index in [2.05, 4.69) is 47.5 Å². The van der Waals surface area contributed by atoms with Crippen LogP contribution in [0.15, 0.2) is 52.4 Å². The van der Waals surface area contributed by atoms with Crippen molar-refractivity contribution in [3.63, 3.8) is 0 Å². The van der Waals surface area contributed by atoms with E-state index in [1.165, 1.54) is 16.9 Å². The maximum Gasteiger partial charge on any atom is 0.230 e. The number of amides is 1. The van der Waals surface area contributed by atoms with E-state index < -0.39 is 0 Å². The second-order valence-corrected chi connectivity index (χ2v) is 8.67. The van der Waals surface area contributed by atoms with Crippen LogP contribution in [0.4, 0.5) is 5.13 Å². The van der Waals surface area contributed by atoms with Crippen LogP contribution in [-0.2, 0) is 17.8 Å². The van der Waals surface area contributed by atoms with Crippen LogP contribution in [0.2, 0.25) is 0 Å². The number of thiazole rings is 1. The first kappa shape index (κ1) is 21.8. The summed E-state index contributed by atoms with van der Waals surface area (Å²) in [5, 5.41) is 9.41. The number of carbonyl (C=O) groups excluding carboxylic acids is 1. The van der Waals surface area contributed by atoms with Crippen molar-refractivity contribution in [3.05, 3.63) is 81.6 Å². The fourth-order valence-corrected chi connectivity index (χ4v) is 4.11. The van der Waals surface area contributed by atoms with Gasteiger partial charge >= 0.3 is 0 Å². The molecule has 164 valence electrons. The van der Waals surface area contributed by atoms with E-state index in [0.717, 1.165) is 45.2 Å². The molecule has 0 aliphatic carbocycles. The molecule has 0 unspecified atom stereocenters. The first-order valence-corrected chi connectivity index (χ1v) is 11.2. The Kier molecular flexibility index (Phi) is 6.37. The van der Waals surface area contributed by atoms with Gasteiger partial charge in [-0.1, -0.05) is 35.0 Å². The largest absolute Gasteiger partial charge is 0.489 e. The van der Waals surface area contributed by atoms with Crippen LogP contribution in [-0.4, -0.2) is 16.0 Å². The highest BCUT2D eigenvalue weighted by Crippen LogP contribution is 2.28. The Bertz CT molecular complexity index is 1220. The molecule has 0 bridgehead atoms. The van der Waals surface area contributed by atoms with Crippen LogP contribution in [0, 0.1) is 27.7 Å². The molecular weight excluding hydrogens is 422 g/mol. The fraction of sp³-hybridized carbons (Fsp3) is 0.240. The summed E-state index contributed by atoms with van der Waals surface area (Å²) in [6.07, 6.45) is 0.266. The molecule has 0 radical (unpaired) electrons. The summed E-state index contributed by atoms with van der Waals surface area (Å²) in [6, 6.07) is 13.8. The van der Waals surface area contributed by atoms with Crippen LogP contribution in [0.3, 0.4) is 0 Å². The lowest BCUT2D eigenvalue weighted by Crippen LogP contribution is -2.14. The highest BCUT2D eigenvalue weighted by atomic mass is 32.1. The van der Waals surface area contributed by atoms with E-state index in [9.17, 15) is 4.79 Å². The van der Waals surface area contributed by atoms with Gasteiger partial charge in [0.05, 0.1) is 23.4 Å². The minimum absolute atomic E-state index is 0.101.